The third kappa shape index (κ3) is 4.59. The molecule has 5 nitrogen and oxygen atoms in total. The highest BCUT2D eigenvalue weighted by Gasteiger charge is 2.15. The van der Waals surface area contributed by atoms with E-state index in [1.54, 1.807) is 26.2 Å². The Balaban J connectivity index is 2.64. The molecule has 1 atom stereocenters. The number of nitrogens with zero attached hydrogens (tertiary/aromatic N) is 3. The zero-order valence-electron chi connectivity index (χ0n) is 11.7. The van der Waals surface area contributed by atoms with Gasteiger partial charge in [0.15, 0.2) is 0 Å². The van der Waals surface area contributed by atoms with Crippen LogP contribution >= 0.6 is 0 Å². The van der Waals surface area contributed by atoms with Crippen LogP contribution in [-0.2, 0) is 0 Å². The molecule has 0 aliphatic heterocycles. The Kier molecular flexibility index (Phi) is 5.80. The molecule has 0 aliphatic rings. The van der Waals surface area contributed by atoms with Gasteiger partial charge in [-0.05, 0) is 25.5 Å². The van der Waals surface area contributed by atoms with Crippen LogP contribution in [0.25, 0.3) is 0 Å². The lowest BCUT2D eigenvalue weighted by atomic mass is 10.2. The maximum absolute atomic E-state index is 12.1. The average Bonchev–Trinajstić information content (AvgIpc) is 2.44. The summed E-state index contributed by atoms with van der Waals surface area (Å²) >= 11 is 0. The van der Waals surface area contributed by atoms with Crippen molar-refractivity contribution in [3.05, 3.63) is 24.0 Å². The molecule has 1 unspecified atom stereocenters. The van der Waals surface area contributed by atoms with Gasteiger partial charge in [0.1, 0.15) is 5.69 Å². The summed E-state index contributed by atoms with van der Waals surface area (Å²) < 4.78 is 0. The number of carbonyl (C=O) groups excluding carboxylic acids is 1. The number of aromatic nitrogens is 1. The molecule has 5 heteroatoms. The van der Waals surface area contributed by atoms with E-state index < -0.39 is 0 Å². The summed E-state index contributed by atoms with van der Waals surface area (Å²) in [4.78, 5) is 17.7. The number of pyridine rings is 1. The summed E-state index contributed by atoms with van der Waals surface area (Å²) in [6.07, 6.45) is 2.69. The van der Waals surface area contributed by atoms with E-state index in [-0.39, 0.29) is 11.8 Å². The third-order valence-corrected chi connectivity index (χ3v) is 2.68. The minimum atomic E-state index is -0.181. The fourth-order valence-corrected chi connectivity index (χ4v) is 1.62. The second-order valence-corrected chi connectivity index (χ2v) is 4.57. The lowest BCUT2D eigenvalue weighted by Gasteiger charge is -2.17. The van der Waals surface area contributed by atoms with Crippen molar-refractivity contribution in [1.82, 2.24) is 9.88 Å². The van der Waals surface area contributed by atoms with Crippen molar-refractivity contribution < 1.29 is 4.79 Å². The van der Waals surface area contributed by atoms with Crippen LogP contribution < -0.4 is 5.32 Å². The van der Waals surface area contributed by atoms with Crippen LogP contribution in [0.15, 0.2) is 18.3 Å². The minimum absolute atomic E-state index is 0.163. The maximum atomic E-state index is 12.1. The SMILES string of the molecule is CCCNc1ccc(C(=O)N(C)CC(C)C#N)nc1. The van der Waals surface area contributed by atoms with Crippen LogP contribution in [0.1, 0.15) is 30.8 Å². The van der Waals surface area contributed by atoms with Gasteiger partial charge in [-0.1, -0.05) is 6.92 Å². The van der Waals surface area contributed by atoms with Crippen molar-refractivity contribution in [2.45, 2.75) is 20.3 Å². The molecule has 0 bridgehead atoms. The molecule has 0 fully saturated rings. The summed E-state index contributed by atoms with van der Waals surface area (Å²) in [6, 6.07) is 5.66. The topological polar surface area (TPSA) is 69.0 Å². The molecule has 0 aromatic carbocycles. The average molecular weight is 260 g/mol. The molecule has 1 amide bonds. The molecule has 0 aliphatic carbocycles. The molecule has 1 aromatic rings. The molecular weight excluding hydrogens is 240 g/mol. The first-order valence-corrected chi connectivity index (χ1v) is 6.43. The van der Waals surface area contributed by atoms with E-state index >= 15 is 0 Å². The van der Waals surface area contributed by atoms with Crippen LogP contribution in [-0.4, -0.2) is 35.9 Å². The van der Waals surface area contributed by atoms with Gasteiger partial charge in [0.2, 0.25) is 0 Å². The van der Waals surface area contributed by atoms with Gasteiger partial charge in [-0.25, -0.2) is 4.98 Å². The molecule has 1 rings (SSSR count). The van der Waals surface area contributed by atoms with Crippen molar-refractivity contribution in [2.24, 2.45) is 5.92 Å². The van der Waals surface area contributed by atoms with Gasteiger partial charge in [0, 0.05) is 20.1 Å². The highest BCUT2D eigenvalue weighted by atomic mass is 16.2. The molecule has 0 radical (unpaired) electrons. The van der Waals surface area contributed by atoms with Crippen molar-refractivity contribution in [3.63, 3.8) is 0 Å². The van der Waals surface area contributed by atoms with Crippen LogP contribution in [0.2, 0.25) is 0 Å². The first-order chi connectivity index (χ1) is 9.08. The predicted molar refractivity (Wildman–Crippen MR) is 74.8 cm³/mol. The number of hydrogen-bond donors (Lipinski definition) is 1. The first-order valence-electron chi connectivity index (χ1n) is 6.43. The summed E-state index contributed by atoms with van der Waals surface area (Å²) in [5.41, 5.74) is 1.31. The van der Waals surface area contributed by atoms with Crippen LogP contribution in [0.3, 0.4) is 0 Å². The lowest BCUT2D eigenvalue weighted by molar-refractivity contribution is 0.0779. The van der Waals surface area contributed by atoms with Crippen molar-refractivity contribution in [1.29, 1.82) is 5.26 Å². The summed E-state index contributed by atoms with van der Waals surface area (Å²) in [5, 5.41) is 11.9. The van der Waals surface area contributed by atoms with Gasteiger partial charge in [0.05, 0.1) is 23.9 Å². The maximum Gasteiger partial charge on any atom is 0.272 e. The first kappa shape index (κ1) is 15.0. The van der Waals surface area contributed by atoms with Gasteiger partial charge in [-0.2, -0.15) is 5.26 Å². The normalized spacial score (nSPS) is 11.5. The Morgan fingerprint density at radius 2 is 2.32 bits per heavy atom. The largest absolute Gasteiger partial charge is 0.384 e. The number of carbonyl (C=O) groups is 1. The summed E-state index contributed by atoms with van der Waals surface area (Å²) in [5.74, 6) is -0.344. The van der Waals surface area contributed by atoms with Gasteiger partial charge in [-0.15, -0.1) is 0 Å². The van der Waals surface area contributed by atoms with E-state index in [1.165, 1.54) is 4.90 Å². The molecule has 102 valence electrons. The Morgan fingerprint density at radius 1 is 1.58 bits per heavy atom. The Labute approximate surface area is 114 Å². The highest BCUT2D eigenvalue weighted by molar-refractivity contribution is 5.92. The number of amides is 1. The third-order valence-electron chi connectivity index (χ3n) is 2.68. The number of nitriles is 1. The number of nitrogens with one attached hydrogen (secondary N) is 1. The Morgan fingerprint density at radius 3 is 2.84 bits per heavy atom. The summed E-state index contributed by atoms with van der Waals surface area (Å²) in [6.45, 7) is 5.17. The van der Waals surface area contributed by atoms with E-state index in [1.807, 2.05) is 6.07 Å². The van der Waals surface area contributed by atoms with Crippen molar-refractivity contribution in [3.8, 4) is 6.07 Å². The quantitative estimate of drug-likeness (QED) is 0.850. The molecule has 0 saturated heterocycles. The fourth-order valence-electron chi connectivity index (χ4n) is 1.62. The molecule has 1 N–H and O–H groups in total. The lowest BCUT2D eigenvalue weighted by Crippen LogP contribution is -2.31. The van der Waals surface area contributed by atoms with Crippen molar-refractivity contribution >= 4 is 11.6 Å². The molecule has 1 heterocycles. The Bertz CT molecular complexity index is 450. The second-order valence-electron chi connectivity index (χ2n) is 4.57. The Hall–Kier alpha value is -2.09. The van der Waals surface area contributed by atoms with Gasteiger partial charge >= 0.3 is 0 Å². The molecule has 1 aromatic heterocycles. The number of rotatable bonds is 6. The molecule has 0 saturated carbocycles. The van der Waals surface area contributed by atoms with Crippen LogP contribution in [0.5, 0.6) is 0 Å². The van der Waals surface area contributed by atoms with Gasteiger partial charge in [0.25, 0.3) is 5.91 Å². The van der Waals surface area contributed by atoms with E-state index in [4.69, 9.17) is 5.26 Å². The van der Waals surface area contributed by atoms with E-state index in [0.717, 1.165) is 18.7 Å². The molecular formula is C14H20N4O. The standard InChI is InChI=1S/C14H20N4O/c1-4-7-16-12-5-6-13(17-9-12)14(19)18(3)10-11(2)8-15/h5-6,9,11,16H,4,7,10H2,1-3H3. The number of hydrogen-bond acceptors (Lipinski definition) is 4. The van der Waals surface area contributed by atoms with E-state index in [9.17, 15) is 4.79 Å². The molecule has 19 heavy (non-hydrogen) atoms. The van der Waals surface area contributed by atoms with Gasteiger partial charge in [-0.3, -0.25) is 4.79 Å². The van der Waals surface area contributed by atoms with E-state index in [2.05, 4.69) is 23.3 Å². The minimum Gasteiger partial charge on any atom is -0.384 e. The smallest absolute Gasteiger partial charge is 0.272 e. The zero-order chi connectivity index (χ0) is 14.3. The second kappa shape index (κ2) is 7.37. The predicted octanol–water partition coefficient (Wildman–Crippen LogP) is 2.14. The van der Waals surface area contributed by atoms with Gasteiger partial charge < -0.3 is 10.2 Å². The zero-order valence-corrected chi connectivity index (χ0v) is 11.7. The van der Waals surface area contributed by atoms with Crippen LogP contribution in [0.4, 0.5) is 5.69 Å². The van der Waals surface area contributed by atoms with E-state index in [0.29, 0.717) is 12.2 Å². The fraction of sp³-hybridized carbons (Fsp3) is 0.500. The monoisotopic (exact) mass is 260 g/mol. The van der Waals surface area contributed by atoms with Crippen molar-refractivity contribution in [2.75, 3.05) is 25.5 Å². The summed E-state index contributed by atoms with van der Waals surface area (Å²) in [7, 11) is 1.68. The molecule has 0 spiro atoms. The van der Waals surface area contributed by atoms with Crippen LogP contribution in [0, 0.1) is 17.2 Å². The number of anilines is 1. The highest BCUT2D eigenvalue weighted by Crippen LogP contribution is 2.08.